The molecule has 3 heterocycles. The van der Waals surface area contributed by atoms with E-state index in [0.29, 0.717) is 5.69 Å². The van der Waals surface area contributed by atoms with Crippen molar-refractivity contribution < 1.29 is 4.79 Å². The Bertz CT molecular complexity index is 621. The van der Waals surface area contributed by atoms with Crippen LogP contribution in [0.15, 0.2) is 36.8 Å². The molecule has 0 aliphatic carbocycles. The molecule has 0 atom stereocenters. The lowest BCUT2D eigenvalue weighted by Crippen LogP contribution is -2.45. The van der Waals surface area contributed by atoms with Gasteiger partial charge in [-0.2, -0.15) is 0 Å². The molecule has 0 bridgehead atoms. The molecule has 2 aromatic rings. The van der Waals surface area contributed by atoms with Crippen LogP contribution in [0.5, 0.6) is 0 Å². The van der Waals surface area contributed by atoms with E-state index in [2.05, 4.69) is 25.2 Å². The maximum atomic E-state index is 12.1. The number of aromatic nitrogens is 3. The Morgan fingerprint density at radius 1 is 1.18 bits per heavy atom. The summed E-state index contributed by atoms with van der Waals surface area (Å²) in [6.45, 7) is 3.63. The minimum absolute atomic E-state index is 0.149. The summed E-state index contributed by atoms with van der Waals surface area (Å²) in [4.78, 5) is 27.0. The van der Waals surface area contributed by atoms with Crippen LogP contribution in [0.4, 0.5) is 5.82 Å². The largest absolute Gasteiger partial charge is 0.356 e. The average molecular weight is 297 g/mol. The number of amides is 1. The fraction of sp³-hybridized carbons (Fsp3) is 0.375. The van der Waals surface area contributed by atoms with E-state index in [1.165, 1.54) is 6.20 Å². The topological polar surface area (TPSA) is 71.0 Å². The minimum Gasteiger partial charge on any atom is -0.356 e. The Morgan fingerprint density at radius 2 is 2.00 bits per heavy atom. The molecule has 0 spiro atoms. The van der Waals surface area contributed by atoms with Crippen molar-refractivity contribution in [1.82, 2.24) is 20.3 Å². The Morgan fingerprint density at radius 3 is 2.64 bits per heavy atom. The van der Waals surface area contributed by atoms with Gasteiger partial charge in [-0.05, 0) is 31.9 Å². The maximum absolute atomic E-state index is 12.1. The number of carbonyl (C=O) groups is 1. The zero-order chi connectivity index (χ0) is 15.4. The van der Waals surface area contributed by atoms with Gasteiger partial charge >= 0.3 is 0 Å². The molecule has 6 nitrogen and oxygen atoms in total. The predicted octanol–water partition coefficient (Wildman–Crippen LogP) is 1.58. The van der Waals surface area contributed by atoms with Crippen molar-refractivity contribution in [1.29, 1.82) is 0 Å². The van der Waals surface area contributed by atoms with Gasteiger partial charge in [-0.15, -0.1) is 0 Å². The van der Waals surface area contributed by atoms with Gasteiger partial charge < -0.3 is 10.2 Å². The molecule has 0 aromatic carbocycles. The van der Waals surface area contributed by atoms with Crippen LogP contribution < -0.4 is 10.2 Å². The highest BCUT2D eigenvalue weighted by atomic mass is 16.1. The fourth-order valence-electron chi connectivity index (χ4n) is 2.56. The number of aryl methyl sites for hydroxylation is 1. The van der Waals surface area contributed by atoms with Crippen molar-refractivity contribution in [3.05, 3.63) is 48.2 Å². The average Bonchev–Trinajstić information content (AvgIpc) is 2.57. The zero-order valence-corrected chi connectivity index (χ0v) is 12.6. The summed E-state index contributed by atoms with van der Waals surface area (Å²) in [5.41, 5.74) is 1.18. The quantitative estimate of drug-likeness (QED) is 0.931. The van der Waals surface area contributed by atoms with E-state index in [-0.39, 0.29) is 11.9 Å². The van der Waals surface area contributed by atoms with Crippen molar-refractivity contribution in [3.63, 3.8) is 0 Å². The fourth-order valence-corrected chi connectivity index (χ4v) is 2.56. The molecule has 0 unspecified atom stereocenters. The first-order valence-electron chi connectivity index (χ1n) is 7.48. The third-order valence-electron chi connectivity index (χ3n) is 3.82. The molecule has 1 fully saturated rings. The lowest BCUT2D eigenvalue weighted by molar-refractivity contribution is 0.0925. The van der Waals surface area contributed by atoms with Crippen molar-refractivity contribution in [2.45, 2.75) is 25.8 Å². The molecule has 0 saturated carbocycles. The van der Waals surface area contributed by atoms with Gasteiger partial charge in [-0.25, -0.2) is 9.97 Å². The van der Waals surface area contributed by atoms with Gasteiger partial charge in [0.25, 0.3) is 5.91 Å². The number of pyridine rings is 1. The summed E-state index contributed by atoms with van der Waals surface area (Å²) < 4.78 is 0. The van der Waals surface area contributed by atoms with E-state index in [4.69, 9.17) is 0 Å². The molecule has 1 N–H and O–H groups in total. The number of carbonyl (C=O) groups excluding carboxylic acids is 1. The molecular weight excluding hydrogens is 278 g/mol. The molecule has 1 amide bonds. The van der Waals surface area contributed by atoms with Gasteiger partial charge in [0.15, 0.2) is 0 Å². The number of anilines is 1. The molecular formula is C16H19N5O. The Kier molecular flexibility index (Phi) is 4.27. The predicted molar refractivity (Wildman–Crippen MR) is 83.7 cm³/mol. The zero-order valence-electron chi connectivity index (χ0n) is 12.6. The van der Waals surface area contributed by atoms with Crippen LogP contribution in [0.25, 0.3) is 0 Å². The van der Waals surface area contributed by atoms with Crippen LogP contribution in [0, 0.1) is 6.92 Å². The van der Waals surface area contributed by atoms with Crippen molar-refractivity contribution >= 4 is 11.7 Å². The SMILES string of the molecule is Cc1cnc(C(=O)NC2CCN(c3ccccn3)CC2)cn1. The summed E-state index contributed by atoms with van der Waals surface area (Å²) in [7, 11) is 0. The Balaban J connectivity index is 1.53. The van der Waals surface area contributed by atoms with Gasteiger partial charge in [0.05, 0.1) is 11.9 Å². The summed E-state index contributed by atoms with van der Waals surface area (Å²) >= 11 is 0. The lowest BCUT2D eigenvalue weighted by Gasteiger charge is -2.33. The van der Waals surface area contributed by atoms with E-state index in [1.807, 2.05) is 25.1 Å². The Labute approximate surface area is 129 Å². The van der Waals surface area contributed by atoms with Crippen LogP contribution in [0.2, 0.25) is 0 Å². The molecule has 1 saturated heterocycles. The number of nitrogens with zero attached hydrogens (tertiary/aromatic N) is 4. The van der Waals surface area contributed by atoms with Crippen LogP contribution in [0.3, 0.4) is 0 Å². The molecule has 6 heteroatoms. The van der Waals surface area contributed by atoms with Crippen LogP contribution in [-0.4, -0.2) is 40.0 Å². The van der Waals surface area contributed by atoms with Gasteiger partial charge in [-0.1, -0.05) is 6.07 Å². The second-order valence-corrected chi connectivity index (χ2v) is 5.47. The van der Waals surface area contributed by atoms with Gasteiger partial charge in [0, 0.05) is 31.5 Å². The van der Waals surface area contributed by atoms with Gasteiger partial charge in [0.2, 0.25) is 0 Å². The Hall–Kier alpha value is -2.50. The standard InChI is InChI=1S/C16H19N5O/c1-12-10-19-14(11-18-12)16(22)20-13-5-8-21(9-6-13)15-4-2-3-7-17-15/h2-4,7,10-11,13H,5-6,8-9H2,1H3,(H,20,22). The van der Waals surface area contributed by atoms with Crippen molar-refractivity contribution in [2.24, 2.45) is 0 Å². The first-order chi connectivity index (χ1) is 10.7. The van der Waals surface area contributed by atoms with Crippen molar-refractivity contribution in [3.8, 4) is 0 Å². The van der Waals surface area contributed by atoms with E-state index >= 15 is 0 Å². The van der Waals surface area contributed by atoms with Crippen LogP contribution in [-0.2, 0) is 0 Å². The summed E-state index contributed by atoms with van der Waals surface area (Å²) in [5.74, 6) is 0.848. The third kappa shape index (κ3) is 3.39. The molecule has 1 aliphatic heterocycles. The highest BCUT2D eigenvalue weighted by Crippen LogP contribution is 2.17. The van der Waals surface area contributed by atoms with Crippen LogP contribution in [0.1, 0.15) is 29.0 Å². The first kappa shape index (κ1) is 14.4. The van der Waals surface area contributed by atoms with Gasteiger partial charge in [-0.3, -0.25) is 9.78 Å². The minimum atomic E-state index is -0.149. The number of hydrogen-bond donors (Lipinski definition) is 1. The summed E-state index contributed by atoms with van der Waals surface area (Å²) in [5, 5.41) is 3.04. The second-order valence-electron chi connectivity index (χ2n) is 5.47. The number of hydrogen-bond acceptors (Lipinski definition) is 5. The molecule has 22 heavy (non-hydrogen) atoms. The highest BCUT2D eigenvalue weighted by Gasteiger charge is 2.22. The normalized spacial score (nSPS) is 15.6. The maximum Gasteiger partial charge on any atom is 0.271 e. The molecule has 2 aromatic heterocycles. The third-order valence-corrected chi connectivity index (χ3v) is 3.82. The summed E-state index contributed by atoms with van der Waals surface area (Å²) in [6.07, 6.45) is 6.74. The first-order valence-corrected chi connectivity index (χ1v) is 7.48. The molecule has 114 valence electrons. The molecule has 1 aliphatic rings. The molecule has 3 rings (SSSR count). The van der Waals surface area contributed by atoms with E-state index in [0.717, 1.165) is 37.4 Å². The second kappa shape index (κ2) is 6.51. The van der Waals surface area contributed by atoms with Crippen LogP contribution >= 0.6 is 0 Å². The molecule has 0 radical (unpaired) electrons. The monoisotopic (exact) mass is 297 g/mol. The lowest BCUT2D eigenvalue weighted by atomic mass is 10.0. The van der Waals surface area contributed by atoms with E-state index in [1.54, 1.807) is 12.4 Å². The number of rotatable bonds is 3. The number of piperidine rings is 1. The highest BCUT2D eigenvalue weighted by molar-refractivity contribution is 5.92. The number of nitrogens with one attached hydrogen (secondary N) is 1. The van der Waals surface area contributed by atoms with Crippen molar-refractivity contribution in [2.75, 3.05) is 18.0 Å². The van der Waals surface area contributed by atoms with E-state index in [9.17, 15) is 4.79 Å². The van der Waals surface area contributed by atoms with Gasteiger partial charge in [0.1, 0.15) is 11.5 Å². The summed E-state index contributed by atoms with van der Waals surface area (Å²) in [6, 6.07) is 6.10. The smallest absolute Gasteiger partial charge is 0.271 e. The van der Waals surface area contributed by atoms with E-state index < -0.39 is 0 Å².